The molecule has 0 aliphatic carbocycles. The quantitative estimate of drug-likeness (QED) is 0.0286. The Kier molecular flexibility index (Phi) is 33.5. The van der Waals surface area contributed by atoms with Crippen molar-refractivity contribution in [2.75, 3.05) is 6.54 Å². The number of phenols is 1. The van der Waals surface area contributed by atoms with E-state index in [1.165, 1.54) is 63.5 Å². The van der Waals surface area contributed by atoms with Gasteiger partial charge in [-0.25, -0.2) is 9.59 Å². The minimum atomic E-state index is -1.41. The summed E-state index contributed by atoms with van der Waals surface area (Å²) in [6, 6.07) is 3.51. The summed E-state index contributed by atoms with van der Waals surface area (Å²) in [5, 5.41) is 45.1. The van der Waals surface area contributed by atoms with E-state index in [0.29, 0.717) is 32.1 Å². The second kappa shape index (κ2) is 37.5. The molecule has 0 aliphatic rings. The van der Waals surface area contributed by atoms with Crippen molar-refractivity contribution in [3.8, 4) is 5.75 Å². The zero-order valence-corrected chi connectivity index (χ0v) is 41.4. The molecule has 0 heterocycles. The lowest BCUT2D eigenvalue weighted by atomic mass is 9.84. The van der Waals surface area contributed by atoms with Crippen LogP contribution in [0.2, 0.25) is 0 Å². The molecule has 1 aromatic carbocycles. The number of ketones is 2. The lowest BCUT2D eigenvalue weighted by Crippen LogP contribution is -2.44. The van der Waals surface area contributed by atoms with Crippen LogP contribution < -0.4 is 21.7 Å². The molecule has 4 amide bonds. The molecule has 17 nitrogen and oxygen atoms in total. The van der Waals surface area contributed by atoms with Crippen molar-refractivity contribution >= 4 is 53.1 Å². The third kappa shape index (κ3) is 32.9. The monoisotopic (exact) mass is 977 g/mol. The van der Waals surface area contributed by atoms with Crippen molar-refractivity contribution in [2.45, 2.75) is 212 Å². The first kappa shape index (κ1) is 61.7. The van der Waals surface area contributed by atoms with E-state index in [4.69, 9.17) is 10.8 Å². The summed E-state index contributed by atoms with van der Waals surface area (Å²) in [5.41, 5.74) is 6.36. The van der Waals surface area contributed by atoms with Gasteiger partial charge in [-0.2, -0.15) is 0 Å². The van der Waals surface area contributed by atoms with Crippen LogP contribution in [0.4, 0.5) is 0 Å². The molecule has 0 saturated carbocycles. The van der Waals surface area contributed by atoms with Gasteiger partial charge >= 0.3 is 17.9 Å². The Morgan fingerprint density at radius 3 is 1.42 bits per heavy atom. The molecule has 9 N–H and O–H groups in total. The Labute approximate surface area is 412 Å². The average molecular weight is 977 g/mol. The van der Waals surface area contributed by atoms with E-state index in [9.17, 15) is 58.5 Å². The number of hydrogen-bond acceptors (Lipinski definition) is 10. The van der Waals surface area contributed by atoms with Crippen LogP contribution in [0.1, 0.15) is 202 Å². The number of aliphatic carboxylic acids is 3. The highest BCUT2D eigenvalue weighted by Gasteiger charge is 2.28. The minimum absolute atomic E-state index is 0. The Morgan fingerprint density at radius 2 is 0.971 bits per heavy atom. The van der Waals surface area contributed by atoms with Gasteiger partial charge in [-0.15, -0.1) is 0 Å². The number of carboxylic acid groups (broad SMARTS) is 3. The maximum atomic E-state index is 13.5. The second-order valence-corrected chi connectivity index (χ2v) is 19.1. The number of carbonyl (C=O) groups is 9. The van der Waals surface area contributed by atoms with Crippen molar-refractivity contribution in [3.05, 3.63) is 29.8 Å². The van der Waals surface area contributed by atoms with Gasteiger partial charge in [0.2, 0.25) is 23.6 Å². The molecule has 1 aromatic rings. The van der Waals surface area contributed by atoms with Gasteiger partial charge in [0.1, 0.15) is 29.4 Å². The van der Waals surface area contributed by atoms with Gasteiger partial charge in [-0.1, -0.05) is 122 Å². The summed E-state index contributed by atoms with van der Waals surface area (Å²) in [6.07, 6.45) is 18.2. The SMILES string of the molecule is CC(C)CC(=O)C[C@@H](CCCCNC(=O)CC[C@H](NC(=O)CC[C@H](NC(=O)CCCCCCCCCCCCCCCCCCC(=O)O)C(=O)O)C(=O)O)C(=O)C[C@@H](Cc1ccc(O)cc1)C(N)=O.[HH].[HH]. The molecule has 0 radical (unpaired) electrons. The number of nitrogens with two attached hydrogens (primary N) is 1. The maximum absolute atomic E-state index is 13.5. The molecule has 0 aliphatic heterocycles. The molecular weight excluding hydrogens is 889 g/mol. The van der Waals surface area contributed by atoms with E-state index in [1.54, 1.807) is 12.1 Å². The van der Waals surface area contributed by atoms with Gasteiger partial charge in [0.15, 0.2) is 0 Å². The molecular formula is C52H88N4O13. The largest absolute Gasteiger partial charge is 0.508 e. The lowest BCUT2D eigenvalue weighted by Gasteiger charge is -2.19. The van der Waals surface area contributed by atoms with Crippen molar-refractivity contribution in [1.82, 2.24) is 16.0 Å². The third-order valence-corrected chi connectivity index (χ3v) is 12.3. The van der Waals surface area contributed by atoms with Crippen molar-refractivity contribution < 1.29 is 66.4 Å². The molecule has 0 bridgehead atoms. The van der Waals surface area contributed by atoms with E-state index in [1.807, 2.05) is 13.8 Å². The molecule has 17 heteroatoms. The fourth-order valence-corrected chi connectivity index (χ4v) is 8.26. The van der Waals surface area contributed by atoms with Crippen LogP contribution in [0.15, 0.2) is 24.3 Å². The molecule has 4 atom stereocenters. The van der Waals surface area contributed by atoms with E-state index in [0.717, 1.165) is 50.5 Å². The van der Waals surface area contributed by atoms with E-state index < -0.39 is 65.5 Å². The standard InChI is InChI=1S/C52H84N4O13.2H2/c1-37(2)33-42(58)35-39(45(59)36-40(50(53)65)34-38-24-26-41(57)27-25-38)21-19-20-32-54-46(60)30-28-43(51(66)67)56-48(62)31-29-44(52(68)69)55-47(61)22-17-15-13-11-9-7-5-3-4-6-8-10-12-14-16-18-23-49(63)64;;/h24-27,37,39-40,43-44,57H,3-23,28-36H2,1-2H3,(H2,53,65)(H,54,60)(H,55,61)(H,56,62)(H,63,64)(H,66,67)(H,68,69);2*1H/t39-,40-,43+,44+;;/m1../s1. The van der Waals surface area contributed by atoms with E-state index >= 15 is 0 Å². The number of nitrogens with one attached hydrogen (secondary N) is 3. The van der Waals surface area contributed by atoms with E-state index in [-0.39, 0.29) is 90.4 Å². The highest BCUT2D eigenvalue weighted by molar-refractivity contribution is 5.91. The Bertz CT molecular complexity index is 1730. The highest BCUT2D eigenvalue weighted by Crippen LogP contribution is 2.24. The zero-order chi connectivity index (χ0) is 51.4. The van der Waals surface area contributed by atoms with Gasteiger partial charge in [0.25, 0.3) is 0 Å². The Hall–Kier alpha value is -5.35. The summed E-state index contributed by atoms with van der Waals surface area (Å²) in [4.78, 5) is 111. The Balaban J connectivity index is 0. The molecule has 69 heavy (non-hydrogen) atoms. The number of phenolic OH excluding ortho intramolecular Hbond substituents is 1. The third-order valence-electron chi connectivity index (χ3n) is 12.3. The van der Waals surface area contributed by atoms with Crippen molar-refractivity contribution in [3.63, 3.8) is 0 Å². The predicted octanol–water partition coefficient (Wildman–Crippen LogP) is 8.20. The Morgan fingerprint density at radius 1 is 0.522 bits per heavy atom. The smallest absolute Gasteiger partial charge is 0.326 e. The number of hydrogen-bond donors (Lipinski definition) is 8. The van der Waals surface area contributed by atoms with Crippen LogP contribution >= 0.6 is 0 Å². The van der Waals surface area contributed by atoms with Crippen LogP contribution in [-0.2, 0) is 49.6 Å². The number of aromatic hydroxyl groups is 1. The van der Waals surface area contributed by atoms with Crippen LogP contribution in [0, 0.1) is 17.8 Å². The lowest BCUT2D eigenvalue weighted by molar-refractivity contribution is -0.143. The van der Waals surface area contributed by atoms with Crippen LogP contribution in [0.25, 0.3) is 0 Å². The fourth-order valence-electron chi connectivity index (χ4n) is 8.26. The summed E-state index contributed by atoms with van der Waals surface area (Å²) < 4.78 is 0. The molecule has 0 unspecified atom stereocenters. The summed E-state index contributed by atoms with van der Waals surface area (Å²) in [5.74, 6) is -7.27. The average Bonchev–Trinajstić information content (AvgIpc) is 3.27. The highest BCUT2D eigenvalue weighted by atomic mass is 16.4. The molecule has 0 spiro atoms. The minimum Gasteiger partial charge on any atom is -0.508 e. The summed E-state index contributed by atoms with van der Waals surface area (Å²) >= 11 is 0. The van der Waals surface area contributed by atoms with Crippen LogP contribution in [0.5, 0.6) is 5.75 Å². The molecule has 0 fully saturated rings. The number of unbranched alkanes of at least 4 members (excludes halogenated alkanes) is 16. The number of primary amides is 1. The summed E-state index contributed by atoms with van der Waals surface area (Å²) in [7, 11) is 0. The number of Topliss-reactive ketones (excluding diaryl/α,β-unsaturated/α-hetero) is 2. The molecule has 1 rings (SSSR count). The zero-order valence-electron chi connectivity index (χ0n) is 41.4. The predicted molar refractivity (Wildman–Crippen MR) is 266 cm³/mol. The molecule has 0 aromatic heterocycles. The second-order valence-electron chi connectivity index (χ2n) is 19.1. The number of rotatable bonds is 44. The first-order valence-electron chi connectivity index (χ1n) is 25.5. The van der Waals surface area contributed by atoms with Gasteiger partial charge in [-0.05, 0) is 68.6 Å². The van der Waals surface area contributed by atoms with E-state index in [2.05, 4.69) is 16.0 Å². The topological polar surface area (TPSA) is 297 Å². The van der Waals surface area contributed by atoms with Crippen LogP contribution in [-0.4, -0.2) is 92.2 Å². The van der Waals surface area contributed by atoms with Crippen molar-refractivity contribution in [1.29, 1.82) is 0 Å². The van der Waals surface area contributed by atoms with Crippen LogP contribution in [0.3, 0.4) is 0 Å². The maximum Gasteiger partial charge on any atom is 0.326 e. The molecule has 0 saturated heterocycles. The van der Waals surface area contributed by atoms with Gasteiger partial charge in [0.05, 0.1) is 0 Å². The molecule has 394 valence electrons. The number of benzene rings is 1. The summed E-state index contributed by atoms with van der Waals surface area (Å²) in [6.45, 7) is 4.02. The number of carboxylic acids is 3. The van der Waals surface area contributed by atoms with Gasteiger partial charge in [0, 0.05) is 66.2 Å². The normalized spacial score (nSPS) is 12.9. The number of amides is 4. The van der Waals surface area contributed by atoms with Gasteiger partial charge < -0.3 is 42.1 Å². The first-order chi connectivity index (χ1) is 32.9. The fraction of sp³-hybridized carbons (Fsp3) is 0.712. The van der Waals surface area contributed by atoms with Crippen molar-refractivity contribution in [2.24, 2.45) is 23.5 Å². The van der Waals surface area contributed by atoms with Gasteiger partial charge in [-0.3, -0.25) is 33.6 Å². The number of carbonyl (C=O) groups excluding carboxylic acids is 6. The first-order valence-corrected chi connectivity index (χ1v) is 25.5.